The van der Waals surface area contributed by atoms with Crippen molar-refractivity contribution in [3.05, 3.63) is 76.6 Å². The lowest BCUT2D eigenvalue weighted by atomic mass is 10.1. The Morgan fingerprint density at radius 1 is 1.06 bits per heavy atom. The van der Waals surface area contributed by atoms with Gasteiger partial charge >= 0.3 is 0 Å². The van der Waals surface area contributed by atoms with Gasteiger partial charge in [-0.25, -0.2) is 0 Å². The van der Waals surface area contributed by atoms with Gasteiger partial charge in [-0.3, -0.25) is 9.36 Å². The molecule has 6 nitrogen and oxygen atoms in total. The van der Waals surface area contributed by atoms with Crippen LogP contribution in [0.4, 0.5) is 5.69 Å². The topological polar surface area (TPSA) is 69.0 Å². The monoisotopic (exact) mass is 450 g/mol. The van der Waals surface area contributed by atoms with Gasteiger partial charge in [0.15, 0.2) is 11.0 Å². The van der Waals surface area contributed by atoms with E-state index >= 15 is 0 Å². The van der Waals surface area contributed by atoms with Gasteiger partial charge in [0.05, 0.1) is 5.75 Å². The third kappa shape index (κ3) is 5.79. The van der Waals surface area contributed by atoms with E-state index in [1.54, 1.807) is 6.08 Å². The van der Waals surface area contributed by atoms with Gasteiger partial charge in [0, 0.05) is 12.2 Å². The molecule has 1 heterocycles. The smallest absolute Gasteiger partial charge is 0.234 e. The summed E-state index contributed by atoms with van der Waals surface area (Å²) in [7, 11) is 0. The maximum atomic E-state index is 12.6. The van der Waals surface area contributed by atoms with Crippen molar-refractivity contribution in [2.75, 3.05) is 11.1 Å². The molecular formula is C25H30N4O2S. The van der Waals surface area contributed by atoms with E-state index in [0.717, 1.165) is 28.1 Å². The Morgan fingerprint density at radius 2 is 1.75 bits per heavy atom. The molecule has 0 radical (unpaired) electrons. The van der Waals surface area contributed by atoms with Gasteiger partial charge in [0.2, 0.25) is 5.91 Å². The van der Waals surface area contributed by atoms with Crippen LogP contribution in [0.25, 0.3) is 0 Å². The predicted molar refractivity (Wildman–Crippen MR) is 130 cm³/mol. The van der Waals surface area contributed by atoms with Crippen molar-refractivity contribution in [3.8, 4) is 5.75 Å². The molecule has 3 aromatic rings. The Morgan fingerprint density at radius 3 is 2.41 bits per heavy atom. The molecule has 0 fully saturated rings. The van der Waals surface area contributed by atoms with E-state index in [1.165, 1.54) is 22.9 Å². The fraction of sp³-hybridized carbons (Fsp3) is 0.320. The predicted octanol–water partition coefficient (Wildman–Crippen LogP) is 5.32. The molecule has 0 aliphatic carbocycles. The van der Waals surface area contributed by atoms with Crippen LogP contribution in [-0.4, -0.2) is 26.4 Å². The van der Waals surface area contributed by atoms with E-state index in [4.69, 9.17) is 4.74 Å². The van der Waals surface area contributed by atoms with Crippen molar-refractivity contribution in [1.82, 2.24) is 14.8 Å². The molecule has 1 N–H and O–H groups in total. The SMILES string of the molecule is C=CCn1c(COc2ccc(C)cc2C)nnc1SCC(=O)Nc1c(C)cc(C)cc1C. The number of allylic oxidation sites excluding steroid dienone is 1. The van der Waals surface area contributed by atoms with E-state index < -0.39 is 0 Å². The number of carbonyl (C=O) groups is 1. The second kappa shape index (κ2) is 10.5. The Kier molecular flexibility index (Phi) is 7.75. The number of benzene rings is 2. The fourth-order valence-corrected chi connectivity index (χ4v) is 4.40. The summed E-state index contributed by atoms with van der Waals surface area (Å²) in [6, 6.07) is 10.2. The highest BCUT2D eigenvalue weighted by Crippen LogP contribution is 2.24. The minimum Gasteiger partial charge on any atom is -0.485 e. The second-order valence-corrected chi connectivity index (χ2v) is 8.91. The molecule has 0 saturated carbocycles. The highest BCUT2D eigenvalue weighted by atomic mass is 32.2. The number of hydrogen-bond donors (Lipinski definition) is 1. The Balaban J connectivity index is 1.66. The summed E-state index contributed by atoms with van der Waals surface area (Å²) >= 11 is 1.35. The largest absolute Gasteiger partial charge is 0.485 e. The van der Waals surface area contributed by atoms with Crippen LogP contribution in [0.2, 0.25) is 0 Å². The summed E-state index contributed by atoms with van der Waals surface area (Å²) in [4.78, 5) is 12.6. The molecule has 168 valence electrons. The number of carbonyl (C=O) groups excluding carboxylic acids is 1. The minimum atomic E-state index is -0.0775. The molecule has 1 amide bonds. The van der Waals surface area contributed by atoms with Crippen LogP contribution in [0.1, 0.15) is 33.6 Å². The molecule has 7 heteroatoms. The summed E-state index contributed by atoms with van der Waals surface area (Å²) in [5.74, 6) is 1.67. The molecule has 0 aliphatic heterocycles. The van der Waals surface area contributed by atoms with Gasteiger partial charge in [0.1, 0.15) is 12.4 Å². The van der Waals surface area contributed by atoms with Crippen molar-refractivity contribution in [3.63, 3.8) is 0 Å². The zero-order chi connectivity index (χ0) is 23.3. The number of ether oxygens (including phenoxy) is 1. The quantitative estimate of drug-likeness (QED) is 0.353. The average molecular weight is 451 g/mol. The average Bonchev–Trinajstić information content (AvgIpc) is 3.10. The van der Waals surface area contributed by atoms with Crippen molar-refractivity contribution in [1.29, 1.82) is 0 Å². The second-order valence-electron chi connectivity index (χ2n) is 7.97. The van der Waals surface area contributed by atoms with Crippen molar-refractivity contribution >= 4 is 23.4 Å². The number of hydrogen-bond acceptors (Lipinski definition) is 5. The van der Waals surface area contributed by atoms with Crippen molar-refractivity contribution < 1.29 is 9.53 Å². The molecule has 1 aromatic heterocycles. The molecule has 2 aromatic carbocycles. The van der Waals surface area contributed by atoms with Crippen molar-refractivity contribution in [2.24, 2.45) is 0 Å². The van der Waals surface area contributed by atoms with Gasteiger partial charge in [-0.1, -0.05) is 53.2 Å². The van der Waals surface area contributed by atoms with Gasteiger partial charge in [-0.2, -0.15) is 0 Å². The summed E-state index contributed by atoms with van der Waals surface area (Å²) in [5.41, 5.74) is 6.44. The minimum absolute atomic E-state index is 0.0775. The molecule has 0 atom stereocenters. The Labute approximate surface area is 194 Å². The summed E-state index contributed by atoms with van der Waals surface area (Å²) < 4.78 is 7.90. The molecule has 0 saturated heterocycles. The first-order valence-corrected chi connectivity index (χ1v) is 11.5. The third-order valence-electron chi connectivity index (χ3n) is 5.07. The number of aromatic nitrogens is 3. The lowest BCUT2D eigenvalue weighted by Gasteiger charge is -2.13. The maximum Gasteiger partial charge on any atom is 0.234 e. The molecule has 0 aliphatic rings. The maximum absolute atomic E-state index is 12.6. The Bertz CT molecular complexity index is 1110. The molecule has 3 rings (SSSR count). The molecule has 0 spiro atoms. The molecule has 32 heavy (non-hydrogen) atoms. The lowest BCUT2D eigenvalue weighted by Crippen LogP contribution is -2.16. The third-order valence-corrected chi connectivity index (χ3v) is 6.03. The standard InChI is InChI=1S/C25H30N4O2S/c1-7-10-29-22(14-31-21-9-8-16(2)11-18(21)4)27-28-25(29)32-15-23(30)26-24-19(5)12-17(3)13-20(24)6/h7-9,11-13H,1,10,14-15H2,2-6H3,(H,26,30). The number of nitrogens with one attached hydrogen (secondary N) is 1. The number of rotatable bonds is 9. The van der Waals surface area contributed by atoms with E-state index in [9.17, 15) is 4.79 Å². The van der Waals surface area contributed by atoms with Gasteiger partial charge in [-0.15, -0.1) is 16.8 Å². The fourth-order valence-electron chi connectivity index (χ4n) is 3.63. The van der Waals surface area contributed by atoms with Crippen LogP contribution >= 0.6 is 11.8 Å². The first kappa shape index (κ1) is 23.6. The first-order valence-electron chi connectivity index (χ1n) is 10.5. The Hall–Kier alpha value is -3.06. The van der Waals surface area contributed by atoms with Gasteiger partial charge in [-0.05, 0) is 57.4 Å². The highest BCUT2D eigenvalue weighted by Gasteiger charge is 2.15. The van der Waals surface area contributed by atoms with Crippen LogP contribution < -0.4 is 10.1 Å². The van der Waals surface area contributed by atoms with Crippen LogP contribution in [0.15, 0.2) is 48.1 Å². The number of nitrogens with zero attached hydrogens (tertiary/aromatic N) is 3. The summed E-state index contributed by atoms with van der Waals surface area (Å²) in [6.45, 7) is 14.8. The van der Waals surface area contributed by atoms with Crippen LogP contribution in [0.3, 0.4) is 0 Å². The molecule has 0 bridgehead atoms. The number of anilines is 1. The van der Waals surface area contributed by atoms with E-state index in [-0.39, 0.29) is 11.7 Å². The number of thioether (sulfide) groups is 1. The molecule has 0 unspecified atom stereocenters. The van der Waals surface area contributed by atoms with Gasteiger partial charge < -0.3 is 10.1 Å². The van der Waals surface area contributed by atoms with Crippen molar-refractivity contribution in [2.45, 2.75) is 52.9 Å². The number of amides is 1. The first-order chi connectivity index (χ1) is 15.3. The number of aryl methyl sites for hydroxylation is 5. The normalized spacial score (nSPS) is 10.8. The lowest BCUT2D eigenvalue weighted by molar-refractivity contribution is -0.113. The van der Waals surface area contributed by atoms with Gasteiger partial charge in [0.25, 0.3) is 0 Å². The zero-order valence-electron chi connectivity index (χ0n) is 19.4. The van der Waals surface area contributed by atoms with E-state index in [2.05, 4.69) is 54.1 Å². The molecular weight excluding hydrogens is 420 g/mol. The van der Waals surface area contributed by atoms with Crippen LogP contribution in [-0.2, 0) is 17.9 Å². The van der Waals surface area contributed by atoms with Crippen LogP contribution in [0.5, 0.6) is 5.75 Å². The van der Waals surface area contributed by atoms with E-state index in [0.29, 0.717) is 24.1 Å². The highest BCUT2D eigenvalue weighted by molar-refractivity contribution is 7.99. The summed E-state index contributed by atoms with van der Waals surface area (Å²) in [5, 5.41) is 12.3. The zero-order valence-corrected chi connectivity index (χ0v) is 20.2. The van der Waals surface area contributed by atoms with E-state index in [1.807, 2.05) is 37.5 Å². The van der Waals surface area contributed by atoms with Crippen LogP contribution in [0, 0.1) is 34.6 Å². The summed E-state index contributed by atoms with van der Waals surface area (Å²) in [6.07, 6.45) is 1.78.